The van der Waals surface area contributed by atoms with Gasteiger partial charge in [0.15, 0.2) is 17.7 Å². The van der Waals surface area contributed by atoms with Crippen molar-refractivity contribution >= 4 is 11.9 Å². The number of carbonyl (C=O) groups is 2. The van der Waals surface area contributed by atoms with Crippen LogP contribution in [0.5, 0.6) is 5.75 Å². The minimum absolute atomic E-state index is 0.0516. The van der Waals surface area contributed by atoms with Crippen molar-refractivity contribution in [1.29, 1.82) is 0 Å². The van der Waals surface area contributed by atoms with E-state index in [2.05, 4.69) is 5.32 Å². The van der Waals surface area contributed by atoms with E-state index in [4.69, 9.17) is 9.84 Å². The average Bonchev–Trinajstić information content (AvgIpc) is 2.58. The molecule has 0 saturated carbocycles. The molecule has 0 spiro atoms. The number of nitrogens with one attached hydrogen (secondary N) is 1. The molecule has 0 aromatic heterocycles. The van der Waals surface area contributed by atoms with E-state index >= 15 is 0 Å². The molecule has 0 aliphatic heterocycles. The fourth-order valence-electron chi connectivity index (χ4n) is 2.14. The quantitative estimate of drug-likeness (QED) is 0.806. The Labute approximate surface area is 143 Å². The number of amides is 1. The molecule has 2 aromatic rings. The second kappa shape index (κ2) is 8.23. The molecule has 2 rings (SSSR count). The van der Waals surface area contributed by atoms with E-state index in [1.807, 2.05) is 0 Å². The topological polar surface area (TPSA) is 75.6 Å². The summed E-state index contributed by atoms with van der Waals surface area (Å²) in [6, 6.07) is 9.45. The summed E-state index contributed by atoms with van der Waals surface area (Å²) in [4.78, 5) is 22.9. The van der Waals surface area contributed by atoms with Crippen LogP contribution in [0.25, 0.3) is 0 Å². The van der Waals surface area contributed by atoms with E-state index in [-0.39, 0.29) is 17.9 Å². The third kappa shape index (κ3) is 5.27. The standard InChI is InChI=1S/C18H17F2NO4/c1-11(25-14-5-6-15(19)16(20)10-14)17(22)21-8-7-12-3-2-4-13(9-12)18(23)24/h2-6,9-11H,7-8H2,1H3,(H,21,22)(H,23,24). The molecule has 7 heteroatoms. The molecule has 0 aliphatic carbocycles. The summed E-state index contributed by atoms with van der Waals surface area (Å²) < 4.78 is 31.2. The smallest absolute Gasteiger partial charge is 0.335 e. The molecular formula is C18H17F2NO4. The third-order valence-corrected chi connectivity index (χ3v) is 3.46. The van der Waals surface area contributed by atoms with E-state index in [0.717, 1.165) is 17.7 Å². The van der Waals surface area contributed by atoms with Crippen LogP contribution in [0.15, 0.2) is 42.5 Å². The van der Waals surface area contributed by atoms with Crippen LogP contribution in [0.1, 0.15) is 22.8 Å². The number of benzene rings is 2. The SMILES string of the molecule is CC(Oc1ccc(F)c(F)c1)C(=O)NCCc1cccc(C(=O)O)c1. The van der Waals surface area contributed by atoms with Gasteiger partial charge in [0.25, 0.3) is 5.91 Å². The summed E-state index contributed by atoms with van der Waals surface area (Å²) in [5.41, 5.74) is 0.952. The number of carboxylic acid groups (broad SMARTS) is 1. The van der Waals surface area contributed by atoms with Gasteiger partial charge in [-0.15, -0.1) is 0 Å². The van der Waals surface area contributed by atoms with Crippen molar-refractivity contribution in [3.05, 3.63) is 65.2 Å². The van der Waals surface area contributed by atoms with Crippen molar-refractivity contribution in [3.63, 3.8) is 0 Å². The molecule has 1 unspecified atom stereocenters. The van der Waals surface area contributed by atoms with Crippen LogP contribution in [0.4, 0.5) is 8.78 Å². The average molecular weight is 349 g/mol. The lowest BCUT2D eigenvalue weighted by Gasteiger charge is -2.15. The Bertz CT molecular complexity index is 779. The van der Waals surface area contributed by atoms with Gasteiger partial charge in [-0.2, -0.15) is 0 Å². The summed E-state index contributed by atoms with van der Waals surface area (Å²) in [6.07, 6.45) is -0.444. The summed E-state index contributed by atoms with van der Waals surface area (Å²) in [7, 11) is 0. The Morgan fingerprint density at radius 1 is 1.16 bits per heavy atom. The summed E-state index contributed by atoms with van der Waals surface area (Å²) in [6.45, 7) is 1.77. The van der Waals surface area contributed by atoms with Gasteiger partial charge in [0.05, 0.1) is 5.56 Å². The number of hydrogen-bond donors (Lipinski definition) is 2. The molecule has 132 valence electrons. The predicted octanol–water partition coefficient (Wildman–Crippen LogP) is 2.79. The molecule has 0 aliphatic rings. The van der Waals surface area contributed by atoms with Crippen LogP contribution in [-0.2, 0) is 11.2 Å². The second-order valence-corrected chi connectivity index (χ2v) is 5.38. The van der Waals surface area contributed by atoms with Gasteiger partial charge in [0.2, 0.25) is 0 Å². The first-order valence-electron chi connectivity index (χ1n) is 7.58. The third-order valence-electron chi connectivity index (χ3n) is 3.46. The maximum absolute atomic E-state index is 13.1. The fourth-order valence-corrected chi connectivity index (χ4v) is 2.14. The lowest BCUT2D eigenvalue weighted by molar-refractivity contribution is -0.127. The molecule has 5 nitrogen and oxygen atoms in total. The molecule has 0 radical (unpaired) electrons. The molecular weight excluding hydrogens is 332 g/mol. The van der Waals surface area contributed by atoms with Crippen molar-refractivity contribution in [1.82, 2.24) is 5.32 Å². The number of hydrogen-bond acceptors (Lipinski definition) is 3. The van der Waals surface area contributed by atoms with Crippen molar-refractivity contribution < 1.29 is 28.2 Å². The van der Waals surface area contributed by atoms with Gasteiger partial charge < -0.3 is 15.2 Å². The molecule has 2 N–H and O–H groups in total. The van der Waals surface area contributed by atoms with E-state index in [1.165, 1.54) is 25.1 Å². The number of halogens is 2. The number of carbonyl (C=O) groups excluding carboxylic acids is 1. The number of carboxylic acids is 1. The van der Waals surface area contributed by atoms with E-state index in [9.17, 15) is 18.4 Å². The van der Waals surface area contributed by atoms with Crippen molar-refractivity contribution in [2.45, 2.75) is 19.4 Å². The minimum Gasteiger partial charge on any atom is -0.481 e. The Morgan fingerprint density at radius 2 is 1.92 bits per heavy atom. The minimum atomic E-state index is -1.05. The van der Waals surface area contributed by atoms with Gasteiger partial charge in [-0.1, -0.05) is 12.1 Å². The fraction of sp³-hybridized carbons (Fsp3) is 0.222. The molecule has 25 heavy (non-hydrogen) atoms. The summed E-state index contributed by atoms with van der Waals surface area (Å²) in [5.74, 6) is -3.43. The van der Waals surface area contributed by atoms with Gasteiger partial charge in [0, 0.05) is 12.6 Å². The number of aromatic carboxylic acids is 1. The highest BCUT2D eigenvalue weighted by atomic mass is 19.2. The Hall–Kier alpha value is -2.96. The van der Waals surface area contributed by atoms with Crippen molar-refractivity contribution in [2.75, 3.05) is 6.54 Å². The van der Waals surface area contributed by atoms with Crippen LogP contribution in [0.3, 0.4) is 0 Å². The Morgan fingerprint density at radius 3 is 2.60 bits per heavy atom. The van der Waals surface area contributed by atoms with Gasteiger partial charge in [0.1, 0.15) is 5.75 Å². The van der Waals surface area contributed by atoms with Crippen LogP contribution >= 0.6 is 0 Å². The lowest BCUT2D eigenvalue weighted by atomic mass is 10.1. The lowest BCUT2D eigenvalue weighted by Crippen LogP contribution is -2.37. The highest BCUT2D eigenvalue weighted by Gasteiger charge is 2.15. The number of ether oxygens (including phenoxy) is 1. The van der Waals surface area contributed by atoms with E-state index in [1.54, 1.807) is 12.1 Å². The Balaban J connectivity index is 1.84. The largest absolute Gasteiger partial charge is 0.481 e. The van der Waals surface area contributed by atoms with Gasteiger partial charge in [-0.3, -0.25) is 4.79 Å². The summed E-state index contributed by atoms with van der Waals surface area (Å²) in [5, 5.41) is 11.6. The van der Waals surface area contributed by atoms with Crippen LogP contribution < -0.4 is 10.1 Å². The van der Waals surface area contributed by atoms with E-state index < -0.39 is 29.6 Å². The number of rotatable bonds is 7. The van der Waals surface area contributed by atoms with Crippen LogP contribution in [-0.4, -0.2) is 29.6 Å². The molecule has 1 atom stereocenters. The highest BCUT2D eigenvalue weighted by Crippen LogP contribution is 2.16. The monoisotopic (exact) mass is 349 g/mol. The van der Waals surface area contributed by atoms with Crippen molar-refractivity contribution in [3.8, 4) is 5.75 Å². The Kier molecular flexibility index (Phi) is 6.05. The van der Waals surface area contributed by atoms with Gasteiger partial charge in [-0.25, -0.2) is 13.6 Å². The highest BCUT2D eigenvalue weighted by molar-refractivity contribution is 5.87. The molecule has 0 bridgehead atoms. The molecule has 1 amide bonds. The molecule has 0 saturated heterocycles. The summed E-state index contributed by atoms with van der Waals surface area (Å²) >= 11 is 0. The first-order chi connectivity index (χ1) is 11.9. The van der Waals surface area contributed by atoms with E-state index in [0.29, 0.717) is 6.42 Å². The van der Waals surface area contributed by atoms with Crippen molar-refractivity contribution in [2.24, 2.45) is 0 Å². The first-order valence-corrected chi connectivity index (χ1v) is 7.58. The first kappa shape index (κ1) is 18.4. The second-order valence-electron chi connectivity index (χ2n) is 5.38. The van der Waals surface area contributed by atoms with Gasteiger partial charge >= 0.3 is 5.97 Å². The van der Waals surface area contributed by atoms with Crippen LogP contribution in [0.2, 0.25) is 0 Å². The zero-order valence-electron chi connectivity index (χ0n) is 13.5. The van der Waals surface area contributed by atoms with Gasteiger partial charge in [-0.05, 0) is 43.2 Å². The van der Waals surface area contributed by atoms with Crippen LogP contribution in [0, 0.1) is 11.6 Å². The zero-order chi connectivity index (χ0) is 18.4. The molecule has 0 heterocycles. The maximum atomic E-state index is 13.1. The zero-order valence-corrected chi connectivity index (χ0v) is 13.5. The molecule has 0 fully saturated rings. The predicted molar refractivity (Wildman–Crippen MR) is 86.6 cm³/mol. The normalized spacial score (nSPS) is 11.6. The molecule has 2 aromatic carbocycles. The maximum Gasteiger partial charge on any atom is 0.335 e.